The minimum atomic E-state index is 0.453. The molecule has 0 amide bonds. The van der Waals surface area contributed by atoms with E-state index in [1.807, 2.05) is 18.3 Å². The molecule has 2 aromatic rings. The molecule has 19 heavy (non-hydrogen) atoms. The van der Waals surface area contributed by atoms with Crippen molar-refractivity contribution in [3.8, 4) is 5.69 Å². The quantitative estimate of drug-likeness (QED) is 0.652. The number of nitrogens with zero attached hydrogens (tertiary/aromatic N) is 3. The molecule has 2 N–H and O–H groups in total. The highest BCUT2D eigenvalue weighted by Gasteiger charge is 2.11. The molecular weight excluding hydrogens is 351 g/mol. The first-order chi connectivity index (χ1) is 9.13. The Bertz CT molecular complexity index is 571. The molecule has 0 unspecified atom stereocenters. The number of hydrogen-bond donors (Lipinski definition) is 1. The number of nitrogens with two attached hydrogens (primary N) is 1. The van der Waals surface area contributed by atoms with Gasteiger partial charge >= 0.3 is 0 Å². The molecular formula is C12H13BrCl2N4. The average molecular weight is 364 g/mol. The zero-order chi connectivity index (χ0) is 13.8. The van der Waals surface area contributed by atoms with Gasteiger partial charge in [0.1, 0.15) is 0 Å². The van der Waals surface area contributed by atoms with E-state index in [1.165, 1.54) is 0 Å². The number of benzene rings is 1. The van der Waals surface area contributed by atoms with Crippen LogP contribution >= 0.6 is 39.1 Å². The summed E-state index contributed by atoms with van der Waals surface area (Å²) in [6, 6.07) is 3.68. The third kappa shape index (κ3) is 3.48. The highest BCUT2D eigenvalue weighted by Crippen LogP contribution is 2.34. The maximum Gasteiger partial charge on any atom is 0.0865 e. The van der Waals surface area contributed by atoms with E-state index in [2.05, 4.69) is 26.2 Å². The minimum Gasteiger partial charge on any atom is -0.330 e. The summed E-state index contributed by atoms with van der Waals surface area (Å²) in [6.45, 7) is 0.697. The number of rotatable bonds is 5. The van der Waals surface area contributed by atoms with E-state index in [-0.39, 0.29) is 0 Å². The predicted molar refractivity (Wildman–Crippen MR) is 81.1 cm³/mol. The fourth-order valence-corrected chi connectivity index (χ4v) is 2.53. The van der Waals surface area contributed by atoms with Crippen molar-refractivity contribution in [2.24, 2.45) is 5.73 Å². The van der Waals surface area contributed by atoms with Crippen LogP contribution in [0.3, 0.4) is 0 Å². The van der Waals surface area contributed by atoms with E-state index in [4.69, 9.17) is 28.9 Å². The van der Waals surface area contributed by atoms with Crippen LogP contribution in [0.5, 0.6) is 0 Å². The number of aromatic nitrogens is 3. The Morgan fingerprint density at radius 2 is 2.00 bits per heavy atom. The summed E-state index contributed by atoms with van der Waals surface area (Å²) in [4.78, 5) is 0. The van der Waals surface area contributed by atoms with E-state index in [9.17, 15) is 0 Å². The predicted octanol–water partition coefficient (Wildman–Crippen LogP) is 3.62. The van der Waals surface area contributed by atoms with Crippen LogP contribution in [-0.2, 0) is 6.42 Å². The van der Waals surface area contributed by atoms with Crippen LogP contribution in [0.1, 0.15) is 18.5 Å². The molecule has 0 spiro atoms. The van der Waals surface area contributed by atoms with Gasteiger partial charge in [0.05, 0.1) is 27.6 Å². The summed E-state index contributed by atoms with van der Waals surface area (Å²) in [7, 11) is 0. The van der Waals surface area contributed by atoms with E-state index in [0.717, 1.165) is 29.4 Å². The van der Waals surface area contributed by atoms with Gasteiger partial charge in [-0.1, -0.05) is 28.4 Å². The highest BCUT2D eigenvalue weighted by atomic mass is 79.9. The van der Waals surface area contributed by atoms with Crippen molar-refractivity contribution in [1.29, 1.82) is 0 Å². The molecule has 0 bridgehead atoms. The lowest BCUT2D eigenvalue weighted by molar-refractivity contribution is 0.727. The lowest BCUT2D eigenvalue weighted by Gasteiger charge is -2.06. The van der Waals surface area contributed by atoms with E-state index in [1.54, 1.807) is 4.68 Å². The maximum atomic E-state index is 6.20. The van der Waals surface area contributed by atoms with Gasteiger partial charge < -0.3 is 5.73 Å². The van der Waals surface area contributed by atoms with Crippen LogP contribution < -0.4 is 5.73 Å². The Kier molecular flexibility index (Phi) is 5.21. The van der Waals surface area contributed by atoms with Gasteiger partial charge in [-0.2, -0.15) is 0 Å². The van der Waals surface area contributed by atoms with Gasteiger partial charge in [0.15, 0.2) is 0 Å². The second-order valence-electron chi connectivity index (χ2n) is 4.09. The first-order valence-electron chi connectivity index (χ1n) is 5.88. The second-order valence-corrected chi connectivity index (χ2v) is 5.70. The van der Waals surface area contributed by atoms with Gasteiger partial charge in [-0.05, 0) is 53.9 Å². The molecule has 0 aliphatic rings. The minimum absolute atomic E-state index is 0.453. The van der Waals surface area contributed by atoms with E-state index in [0.29, 0.717) is 22.3 Å². The van der Waals surface area contributed by atoms with Gasteiger partial charge in [0.25, 0.3) is 0 Å². The van der Waals surface area contributed by atoms with Crippen molar-refractivity contribution >= 4 is 39.1 Å². The third-order valence-corrected chi connectivity index (χ3v) is 4.45. The van der Waals surface area contributed by atoms with Crippen molar-refractivity contribution in [3.05, 3.63) is 38.5 Å². The molecule has 7 heteroatoms. The standard InChI is InChI=1S/C12H13BrCl2N4/c13-9-4-5-10(12(15)11(9)14)19-7-8(17-18-19)3-1-2-6-16/h4-5,7H,1-3,6,16H2. The molecule has 0 saturated heterocycles. The molecule has 0 fully saturated rings. The average Bonchev–Trinajstić information content (AvgIpc) is 2.85. The number of unbranched alkanes of at least 4 members (excludes halogenated alkanes) is 1. The van der Waals surface area contributed by atoms with Crippen LogP contribution in [0.2, 0.25) is 10.0 Å². The molecule has 0 atom stereocenters. The van der Waals surface area contributed by atoms with Crippen LogP contribution in [-0.4, -0.2) is 21.5 Å². The van der Waals surface area contributed by atoms with Crippen molar-refractivity contribution < 1.29 is 0 Å². The molecule has 0 saturated carbocycles. The first kappa shape index (κ1) is 14.8. The molecule has 1 aromatic carbocycles. The first-order valence-corrected chi connectivity index (χ1v) is 7.43. The number of halogens is 3. The van der Waals surface area contributed by atoms with E-state index >= 15 is 0 Å². The monoisotopic (exact) mass is 362 g/mol. The molecule has 2 rings (SSSR count). The molecule has 0 aliphatic carbocycles. The lowest BCUT2D eigenvalue weighted by Crippen LogP contribution is -1.99. The van der Waals surface area contributed by atoms with Gasteiger partial charge in [-0.25, -0.2) is 4.68 Å². The summed E-state index contributed by atoms with van der Waals surface area (Å²) in [5.41, 5.74) is 7.10. The maximum absolute atomic E-state index is 6.20. The van der Waals surface area contributed by atoms with Crippen LogP contribution in [0.4, 0.5) is 0 Å². The smallest absolute Gasteiger partial charge is 0.0865 e. The molecule has 1 heterocycles. The van der Waals surface area contributed by atoms with Crippen LogP contribution in [0.25, 0.3) is 5.69 Å². The second kappa shape index (κ2) is 6.70. The zero-order valence-corrected chi connectivity index (χ0v) is 13.2. The zero-order valence-electron chi connectivity index (χ0n) is 10.1. The SMILES string of the molecule is NCCCCc1cn(-c2ccc(Br)c(Cl)c2Cl)nn1. The molecule has 1 aromatic heterocycles. The van der Waals surface area contributed by atoms with Crippen LogP contribution in [0, 0.1) is 0 Å². The summed E-state index contributed by atoms with van der Waals surface area (Å²) < 4.78 is 2.39. The van der Waals surface area contributed by atoms with Crippen molar-refractivity contribution in [3.63, 3.8) is 0 Å². The fourth-order valence-electron chi connectivity index (χ4n) is 1.67. The molecule has 102 valence electrons. The Morgan fingerprint density at radius 1 is 1.21 bits per heavy atom. The van der Waals surface area contributed by atoms with Gasteiger partial charge in [0, 0.05) is 4.47 Å². The van der Waals surface area contributed by atoms with Gasteiger partial charge in [-0.3, -0.25) is 0 Å². The summed E-state index contributed by atoms with van der Waals surface area (Å²) in [5.74, 6) is 0. The highest BCUT2D eigenvalue weighted by molar-refractivity contribution is 9.10. The topological polar surface area (TPSA) is 56.7 Å². The third-order valence-electron chi connectivity index (χ3n) is 2.69. The fraction of sp³-hybridized carbons (Fsp3) is 0.333. The normalized spacial score (nSPS) is 10.9. The Balaban J connectivity index is 2.21. The number of aryl methyl sites for hydroxylation is 1. The van der Waals surface area contributed by atoms with Crippen molar-refractivity contribution in [2.75, 3.05) is 6.54 Å². The van der Waals surface area contributed by atoms with Crippen molar-refractivity contribution in [2.45, 2.75) is 19.3 Å². The lowest BCUT2D eigenvalue weighted by atomic mass is 10.2. The van der Waals surface area contributed by atoms with Crippen molar-refractivity contribution in [1.82, 2.24) is 15.0 Å². The summed E-state index contributed by atoms with van der Waals surface area (Å²) in [6.07, 6.45) is 4.71. The van der Waals surface area contributed by atoms with Gasteiger partial charge in [0.2, 0.25) is 0 Å². The molecule has 0 aliphatic heterocycles. The van der Waals surface area contributed by atoms with Gasteiger partial charge in [-0.15, -0.1) is 5.10 Å². The Labute approximate surface area is 130 Å². The molecule has 0 radical (unpaired) electrons. The Hall–Kier alpha value is -0.620. The number of hydrogen-bond acceptors (Lipinski definition) is 3. The summed E-state index contributed by atoms with van der Waals surface area (Å²) in [5, 5.41) is 9.11. The van der Waals surface area contributed by atoms with Crippen LogP contribution in [0.15, 0.2) is 22.8 Å². The largest absolute Gasteiger partial charge is 0.330 e. The van der Waals surface area contributed by atoms with E-state index < -0.39 is 0 Å². The molecule has 4 nitrogen and oxygen atoms in total. The summed E-state index contributed by atoms with van der Waals surface area (Å²) >= 11 is 15.6. The Morgan fingerprint density at radius 3 is 2.74 bits per heavy atom.